The Morgan fingerprint density at radius 1 is 1.30 bits per heavy atom. The van der Waals surface area contributed by atoms with E-state index in [2.05, 4.69) is 5.32 Å². The second-order valence-corrected chi connectivity index (χ2v) is 6.16. The van der Waals surface area contributed by atoms with Gasteiger partial charge in [0.2, 0.25) is 0 Å². The van der Waals surface area contributed by atoms with E-state index in [4.69, 9.17) is 9.15 Å². The van der Waals surface area contributed by atoms with Crippen molar-refractivity contribution >= 4 is 16.9 Å². The van der Waals surface area contributed by atoms with Gasteiger partial charge in [-0.05, 0) is 44.4 Å². The molecule has 1 aromatic carbocycles. The maximum absolute atomic E-state index is 12.2. The Hall–Kier alpha value is -2.30. The van der Waals surface area contributed by atoms with Crippen LogP contribution in [0.25, 0.3) is 11.0 Å². The Bertz CT molecular complexity index is 774. The molecule has 122 valence electrons. The van der Waals surface area contributed by atoms with Gasteiger partial charge in [0, 0.05) is 23.6 Å². The van der Waals surface area contributed by atoms with E-state index in [0.29, 0.717) is 11.3 Å². The van der Waals surface area contributed by atoms with Crippen LogP contribution in [0, 0.1) is 6.92 Å². The zero-order chi connectivity index (χ0) is 16.4. The van der Waals surface area contributed by atoms with Crippen LogP contribution in [0.2, 0.25) is 0 Å². The molecule has 1 amide bonds. The molecule has 0 bridgehead atoms. The minimum Gasteiger partial charge on any atom is -0.481 e. The van der Waals surface area contributed by atoms with Gasteiger partial charge < -0.3 is 14.5 Å². The average molecular weight is 315 g/mol. The molecule has 1 aliphatic rings. The second kappa shape index (κ2) is 6.44. The quantitative estimate of drug-likeness (QED) is 0.881. The number of benzene rings is 1. The van der Waals surface area contributed by atoms with Crippen molar-refractivity contribution in [2.45, 2.75) is 51.7 Å². The number of hydrogen-bond acceptors (Lipinski definition) is 4. The van der Waals surface area contributed by atoms with Crippen molar-refractivity contribution in [3.05, 3.63) is 40.2 Å². The first-order chi connectivity index (χ1) is 11.0. The highest BCUT2D eigenvalue weighted by molar-refractivity contribution is 5.82. The van der Waals surface area contributed by atoms with Gasteiger partial charge in [-0.15, -0.1) is 0 Å². The number of carbonyl (C=O) groups is 1. The molecule has 5 nitrogen and oxygen atoms in total. The minimum absolute atomic E-state index is 0.109. The molecular weight excluding hydrogens is 294 g/mol. The molecule has 3 rings (SSSR count). The van der Waals surface area contributed by atoms with Crippen molar-refractivity contribution in [1.82, 2.24) is 5.32 Å². The molecular formula is C18H21NO4. The van der Waals surface area contributed by atoms with Crippen molar-refractivity contribution in [1.29, 1.82) is 0 Å². The highest BCUT2D eigenvalue weighted by Crippen LogP contribution is 2.23. The molecule has 0 spiro atoms. The Balaban J connectivity index is 1.72. The molecule has 0 radical (unpaired) electrons. The normalized spacial score (nSPS) is 16.4. The number of carbonyl (C=O) groups excluding carboxylic acids is 1. The lowest BCUT2D eigenvalue weighted by molar-refractivity contribution is -0.127. The fraction of sp³-hybridized carbons (Fsp3) is 0.444. The molecule has 1 heterocycles. The smallest absolute Gasteiger partial charge is 0.336 e. The van der Waals surface area contributed by atoms with E-state index >= 15 is 0 Å². The first-order valence-electron chi connectivity index (χ1n) is 8.04. The standard InChI is InChI=1S/C18H21NO4/c1-11-9-17(20)23-16-10-14(7-8-15(11)16)22-12(2)18(21)19-13-5-3-4-6-13/h7-10,12-13H,3-6H2,1-2H3,(H,19,21). The largest absolute Gasteiger partial charge is 0.481 e. The summed E-state index contributed by atoms with van der Waals surface area (Å²) in [5.74, 6) is 0.406. The molecule has 1 aromatic heterocycles. The summed E-state index contributed by atoms with van der Waals surface area (Å²) in [5.41, 5.74) is 0.935. The van der Waals surface area contributed by atoms with Gasteiger partial charge in [0.1, 0.15) is 11.3 Å². The molecule has 1 fully saturated rings. The van der Waals surface area contributed by atoms with Crippen LogP contribution in [-0.4, -0.2) is 18.1 Å². The summed E-state index contributed by atoms with van der Waals surface area (Å²) >= 11 is 0. The predicted molar refractivity (Wildman–Crippen MR) is 87.7 cm³/mol. The topological polar surface area (TPSA) is 68.5 Å². The van der Waals surface area contributed by atoms with Crippen molar-refractivity contribution in [2.75, 3.05) is 0 Å². The van der Waals surface area contributed by atoms with Crippen LogP contribution in [-0.2, 0) is 4.79 Å². The second-order valence-electron chi connectivity index (χ2n) is 6.16. The van der Waals surface area contributed by atoms with E-state index in [1.807, 2.05) is 13.0 Å². The lowest BCUT2D eigenvalue weighted by atomic mass is 10.1. The Morgan fingerprint density at radius 2 is 2.04 bits per heavy atom. The van der Waals surface area contributed by atoms with Gasteiger partial charge in [0.25, 0.3) is 5.91 Å². The highest BCUT2D eigenvalue weighted by atomic mass is 16.5. The Labute approximate surface area is 134 Å². The van der Waals surface area contributed by atoms with E-state index in [9.17, 15) is 9.59 Å². The summed E-state index contributed by atoms with van der Waals surface area (Å²) < 4.78 is 10.9. The van der Waals surface area contributed by atoms with Gasteiger partial charge >= 0.3 is 5.63 Å². The van der Waals surface area contributed by atoms with Gasteiger partial charge in [-0.2, -0.15) is 0 Å². The summed E-state index contributed by atoms with van der Waals surface area (Å²) in [7, 11) is 0. The zero-order valence-corrected chi connectivity index (χ0v) is 13.4. The lowest BCUT2D eigenvalue weighted by Crippen LogP contribution is -2.41. The summed E-state index contributed by atoms with van der Waals surface area (Å²) in [6.07, 6.45) is 3.83. The van der Waals surface area contributed by atoms with Crippen LogP contribution in [0.5, 0.6) is 5.75 Å². The zero-order valence-electron chi connectivity index (χ0n) is 13.4. The molecule has 1 unspecified atom stereocenters. The SMILES string of the molecule is Cc1cc(=O)oc2cc(OC(C)C(=O)NC3CCCC3)ccc12. The van der Waals surface area contributed by atoms with Crippen LogP contribution >= 0.6 is 0 Å². The molecule has 2 aromatic rings. The van der Waals surface area contributed by atoms with Gasteiger partial charge in [0.15, 0.2) is 6.10 Å². The van der Waals surface area contributed by atoms with E-state index < -0.39 is 6.10 Å². The fourth-order valence-corrected chi connectivity index (χ4v) is 3.02. The highest BCUT2D eigenvalue weighted by Gasteiger charge is 2.21. The molecule has 1 atom stereocenters. The van der Waals surface area contributed by atoms with Crippen molar-refractivity contribution in [3.63, 3.8) is 0 Å². The molecule has 0 aliphatic heterocycles. The fourth-order valence-electron chi connectivity index (χ4n) is 3.02. The van der Waals surface area contributed by atoms with Gasteiger partial charge in [-0.3, -0.25) is 4.79 Å². The number of fused-ring (bicyclic) bond motifs is 1. The van der Waals surface area contributed by atoms with Gasteiger partial charge in [0.05, 0.1) is 0 Å². The van der Waals surface area contributed by atoms with E-state index in [0.717, 1.165) is 23.8 Å². The van der Waals surface area contributed by atoms with Crippen LogP contribution in [0.3, 0.4) is 0 Å². The molecule has 0 saturated heterocycles. The number of amides is 1. The van der Waals surface area contributed by atoms with Crippen LogP contribution in [0.1, 0.15) is 38.2 Å². The summed E-state index contributed by atoms with van der Waals surface area (Å²) in [5, 5.41) is 3.88. The Morgan fingerprint density at radius 3 is 2.78 bits per heavy atom. The third-order valence-electron chi connectivity index (χ3n) is 4.31. The molecule has 1 aliphatic carbocycles. The Kier molecular flexibility index (Phi) is 4.37. The number of hydrogen-bond donors (Lipinski definition) is 1. The maximum Gasteiger partial charge on any atom is 0.336 e. The number of ether oxygens (including phenoxy) is 1. The third kappa shape index (κ3) is 3.55. The lowest BCUT2D eigenvalue weighted by Gasteiger charge is -2.18. The van der Waals surface area contributed by atoms with Crippen molar-refractivity contribution in [2.24, 2.45) is 0 Å². The van der Waals surface area contributed by atoms with Crippen LogP contribution < -0.4 is 15.7 Å². The summed E-state index contributed by atoms with van der Waals surface area (Å²) in [6, 6.07) is 7.01. The predicted octanol–water partition coefficient (Wildman–Crippen LogP) is 2.93. The van der Waals surface area contributed by atoms with E-state index in [1.54, 1.807) is 19.1 Å². The van der Waals surface area contributed by atoms with Crippen LogP contribution in [0.15, 0.2) is 33.5 Å². The summed E-state index contributed by atoms with van der Waals surface area (Å²) in [4.78, 5) is 23.6. The van der Waals surface area contributed by atoms with Crippen LogP contribution in [0.4, 0.5) is 0 Å². The number of aryl methyl sites for hydroxylation is 1. The number of rotatable bonds is 4. The minimum atomic E-state index is -0.593. The third-order valence-corrected chi connectivity index (χ3v) is 4.31. The monoisotopic (exact) mass is 315 g/mol. The van der Waals surface area contributed by atoms with Crippen molar-refractivity contribution < 1.29 is 13.9 Å². The van der Waals surface area contributed by atoms with Gasteiger partial charge in [-0.25, -0.2) is 4.79 Å². The molecule has 1 N–H and O–H groups in total. The molecule has 23 heavy (non-hydrogen) atoms. The summed E-state index contributed by atoms with van der Waals surface area (Å²) in [6.45, 7) is 3.58. The first-order valence-corrected chi connectivity index (χ1v) is 8.04. The van der Waals surface area contributed by atoms with E-state index in [-0.39, 0.29) is 17.6 Å². The average Bonchev–Trinajstić information content (AvgIpc) is 2.99. The first kappa shape index (κ1) is 15.6. The van der Waals surface area contributed by atoms with E-state index in [1.165, 1.54) is 18.9 Å². The van der Waals surface area contributed by atoms with Crippen molar-refractivity contribution in [3.8, 4) is 5.75 Å². The molecule has 5 heteroatoms. The van der Waals surface area contributed by atoms with Gasteiger partial charge in [-0.1, -0.05) is 12.8 Å². The molecule has 1 saturated carbocycles. The maximum atomic E-state index is 12.2. The number of nitrogens with one attached hydrogen (secondary N) is 1.